The molecule has 0 saturated carbocycles. The van der Waals surface area contributed by atoms with Gasteiger partial charge >= 0.3 is 6.18 Å². The molecule has 2 aromatic rings. The second-order valence-electron chi connectivity index (χ2n) is 4.08. The summed E-state index contributed by atoms with van der Waals surface area (Å²) < 4.78 is 37.6. The van der Waals surface area contributed by atoms with Crippen molar-refractivity contribution in [1.82, 2.24) is 10.2 Å². The third-order valence-corrected chi connectivity index (χ3v) is 3.57. The van der Waals surface area contributed by atoms with Crippen LogP contribution in [0.3, 0.4) is 0 Å². The Morgan fingerprint density at radius 1 is 1.15 bits per heavy atom. The maximum atomic E-state index is 12.5. The summed E-state index contributed by atoms with van der Waals surface area (Å²) in [7, 11) is 0. The number of rotatable bonds is 5. The summed E-state index contributed by atoms with van der Waals surface area (Å²) in [6.07, 6.45) is -4.46. The number of nitrogens with two attached hydrogens (primary N) is 1. The molecule has 0 fully saturated rings. The summed E-state index contributed by atoms with van der Waals surface area (Å²) in [6.45, 7) is 1.19. The zero-order chi connectivity index (χ0) is 14.6. The molecule has 0 aliphatic carbocycles. The molecule has 1 aromatic carbocycles. The molecule has 2 N–H and O–H groups in total. The molecule has 8 heteroatoms. The van der Waals surface area contributed by atoms with E-state index >= 15 is 0 Å². The number of hydrogen-bond donors (Lipinski definition) is 1. The number of alkyl halides is 3. The van der Waals surface area contributed by atoms with Crippen molar-refractivity contribution < 1.29 is 13.2 Å². The molecule has 0 unspecified atom stereocenters. The van der Waals surface area contributed by atoms with E-state index in [1.54, 1.807) is 4.90 Å². The molecule has 0 spiro atoms. The van der Waals surface area contributed by atoms with Gasteiger partial charge in [0.15, 0.2) is 0 Å². The highest BCUT2D eigenvalue weighted by Gasteiger charge is 2.36. The van der Waals surface area contributed by atoms with Gasteiger partial charge in [-0.15, -0.1) is 10.2 Å². The average Bonchev–Trinajstić information content (AvgIpc) is 2.89. The predicted octanol–water partition coefficient (Wildman–Crippen LogP) is 2.52. The van der Waals surface area contributed by atoms with Crippen molar-refractivity contribution in [2.45, 2.75) is 12.7 Å². The smallest absolute Gasteiger partial charge is 0.341 e. The Balaban J connectivity index is 2.18. The Kier molecular flexibility index (Phi) is 4.56. The van der Waals surface area contributed by atoms with E-state index in [-0.39, 0.29) is 5.13 Å². The van der Waals surface area contributed by atoms with Crippen LogP contribution >= 0.6 is 11.3 Å². The van der Waals surface area contributed by atoms with E-state index < -0.39 is 11.2 Å². The normalized spacial score (nSPS) is 11.6. The van der Waals surface area contributed by atoms with Gasteiger partial charge in [-0.25, -0.2) is 0 Å². The molecule has 0 bridgehead atoms. The fourth-order valence-corrected chi connectivity index (χ4v) is 2.40. The Morgan fingerprint density at radius 3 is 2.40 bits per heavy atom. The highest BCUT2D eigenvalue weighted by molar-refractivity contribution is 7.15. The van der Waals surface area contributed by atoms with Crippen LogP contribution in [0.4, 0.5) is 18.3 Å². The lowest BCUT2D eigenvalue weighted by molar-refractivity contribution is -0.138. The van der Waals surface area contributed by atoms with Gasteiger partial charge in [0, 0.05) is 19.6 Å². The lowest BCUT2D eigenvalue weighted by atomic mass is 10.2. The van der Waals surface area contributed by atoms with E-state index in [1.165, 1.54) is 0 Å². The Labute approximate surface area is 118 Å². The molecular weight excluding hydrogens is 289 g/mol. The van der Waals surface area contributed by atoms with Crippen LogP contribution in [-0.4, -0.2) is 23.3 Å². The van der Waals surface area contributed by atoms with Gasteiger partial charge in [-0.05, 0) is 5.56 Å². The first-order valence-electron chi connectivity index (χ1n) is 5.90. The second kappa shape index (κ2) is 6.19. The van der Waals surface area contributed by atoms with E-state index in [1.807, 2.05) is 30.3 Å². The summed E-state index contributed by atoms with van der Waals surface area (Å²) in [6, 6.07) is 9.42. The minimum Gasteiger partial charge on any atom is -0.341 e. The van der Waals surface area contributed by atoms with Crippen LogP contribution in [0.15, 0.2) is 30.3 Å². The van der Waals surface area contributed by atoms with Gasteiger partial charge in [-0.2, -0.15) is 13.2 Å². The van der Waals surface area contributed by atoms with Crippen LogP contribution in [-0.2, 0) is 12.7 Å². The van der Waals surface area contributed by atoms with Gasteiger partial charge in [-0.3, -0.25) is 0 Å². The maximum absolute atomic E-state index is 12.5. The third kappa shape index (κ3) is 3.67. The van der Waals surface area contributed by atoms with Crippen molar-refractivity contribution in [3.63, 3.8) is 0 Å². The lowest BCUT2D eigenvalue weighted by Gasteiger charge is -2.20. The quantitative estimate of drug-likeness (QED) is 0.922. The monoisotopic (exact) mass is 302 g/mol. The predicted molar refractivity (Wildman–Crippen MR) is 71.5 cm³/mol. The van der Waals surface area contributed by atoms with E-state index in [9.17, 15) is 13.2 Å². The van der Waals surface area contributed by atoms with Gasteiger partial charge < -0.3 is 10.6 Å². The molecule has 20 heavy (non-hydrogen) atoms. The number of hydrogen-bond acceptors (Lipinski definition) is 5. The van der Waals surface area contributed by atoms with Crippen molar-refractivity contribution in [1.29, 1.82) is 0 Å². The van der Waals surface area contributed by atoms with Crippen molar-refractivity contribution >= 4 is 16.5 Å². The largest absolute Gasteiger partial charge is 0.445 e. The molecule has 0 radical (unpaired) electrons. The summed E-state index contributed by atoms with van der Waals surface area (Å²) in [5, 5.41) is 6.10. The van der Waals surface area contributed by atoms with Crippen LogP contribution in [0.2, 0.25) is 0 Å². The number of anilines is 1. The Hall–Kier alpha value is -1.67. The van der Waals surface area contributed by atoms with Crippen molar-refractivity contribution in [3.05, 3.63) is 40.9 Å². The van der Waals surface area contributed by atoms with E-state index in [4.69, 9.17) is 5.73 Å². The van der Waals surface area contributed by atoms with Crippen LogP contribution in [0.5, 0.6) is 0 Å². The first-order valence-corrected chi connectivity index (χ1v) is 6.72. The fraction of sp³-hybridized carbons (Fsp3) is 0.333. The molecule has 0 aliphatic rings. The highest BCUT2D eigenvalue weighted by Crippen LogP contribution is 2.34. The average molecular weight is 302 g/mol. The number of nitrogens with zero attached hydrogens (tertiary/aromatic N) is 3. The molecule has 0 atom stereocenters. The molecule has 2 rings (SSSR count). The second-order valence-corrected chi connectivity index (χ2v) is 5.04. The number of benzene rings is 1. The van der Waals surface area contributed by atoms with Crippen molar-refractivity contribution in [2.24, 2.45) is 5.73 Å². The van der Waals surface area contributed by atoms with Crippen LogP contribution in [0.1, 0.15) is 10.6 Å². The Bertz CT molecular complexity index is 541. The Morgan fingerprint density at radius 2 is 1.85 bits per heavy atom. The standard InChI is InChI=1S/C12H13F3N4S/c13-12(14,15)10-17-18-11(20-10)19(7-6-16)8-9-4-2-1-3-5-9/h1-5H,6-8,16H2. The molecule has 0 amide bonds. The molecule has 108 valence electrons. The molecule has 0 saturated heterocycles. The SMILES string of the molecule is NCCN(Cc1ccccc1)c1nnc(C(F)(F)F)s1. The number of halogens is 3. The molecule has 1 aromatic heterocycles. The number of aromatic nitrogens is 2. The topological polar surface area (TPSA) is 55.0 Å². The van der Waals surface area contributed by atoms with Gasteiger partial charge in [0.1, 0.15) is 0 Å². The van der Waals surface area contributed by atoms with Gasteiger partial charge in [-0.1, -0.05) is 41.7 Å². The van der Waals surface area contributed by atoms with Gasteiger partial charge in [0.25, 0.3) is 0 Å². The summed E-state index contributed by atoms with van der Waals surface area (Å²) in [4.78, 5) is 1.70. The molecular formula is C12H13F3N4S. The van der Waals surface area contributed by atoms with Crippen molar-refractivity contribution in [3.8, 4) is 0 Å². The van der Waals surface area contributed by atoms with Crippen LogP contribution in [0.25, 0.3) is 0 Å². The summed E-state index contributed by atoms with van der Waals surface area (Å²) >= 11 is 0.530. The zero-order valence-electron chi connectivity index (χ0n) is 10.5. The van der Waals surface area contributed by atoms with E-state index in [2.05, 4.69) is 10.2 Å². The van der Waals surface area contributed by atoms with Crippen LogP contribution < -0.4 is 10.6 Å². The highest BCUT2D eigenvalue weighted by atomic mass is 32.1. The molecule has 0 aliphatic heterocycles. The molecule has 4 nitrogen and oxygen atoms in total. The van der Waals surface area contributed by atoms with E-state index in [0.29, 0.717) is 31.0 Å². The summed E-state index contributed by atoms with van der Waals surface area (Å²) in [5.41, 5.74) is 6.48. The first-order chi connectivity index (χ1) is 9.50. The van der Waals surface area contributed by atoms with E-state index in [0.717, 1.165) is 5.56 Å². The fourth-order valence-electron chi connectivity index (χ4n) is 1.66. The van der Waals surface area contributed by atoms with Crippen molar-refractivity contribution in [2.75, 3.05) is 18.0 Å². The lowest BCUT2D eigenvalue weighted by Crippen LogP contribution is -2.28. The minimum atomic E-state index is -4.46. The third-order valence-electron chi connectivity index (χ3n) is 2.54. The van der Waals surface area contributed by atoms with Gasteiger partial charge in [0.05, 0.1) is 0 Å². The summed E-state index contributed by atoms with van der Waals surface area (Å²) in [5.74, 6) is 0. The minimum absolute atomic E-state index is 0.228. The van der Waals surface area contributed by atoms with Gasteiger partial charge in [0.2, 0.25) is 10.1 Å². The maximum Gasteiger partial charge on any atom is 0.445 e. The van der Waals surface area contributed by atoms with Crippen LogP contribution in [0, 0.1) is 0 Å². The molecule has 1 heterocycles. The zero-order valence-corrected chi connectivity index (χ0v) is 11.3. The first kappa shape index (κ1) is 14.7.